The SMILES string of the molecule is C1C2CC3CC1CC(C2)C3.Cc1ccc(S(=O)(=O)O)cc1. The number of hydrogen-bond donors (Lipinski definition) is 1. The van der Waals surface area contributed by atoms with E-state index in [1.54, 1.807) is 50.7 Å². The molecule has 0 amide bonds. The van der Waals surface area contributed by atoms with Crippen molar-refractivity contribution < 1.29 is 13.0 Å². The molecular weight excluding hydrogens is 284 g/mol. The first kappa shape index (κ1) is 15.0. The lowest BCUT2D eigenvalue weighted by atomic mass is 9.56. The van der Waals surface area contributed by atoms with Crippen LogP contribution in [0.5, 0.6) is 0 Å². The van der Waals surface area contributed by atoms with Crippen molar-refractivity contribution in [1.29, 1.82) is 0 Å². The maximum Gasteiger partial charge on any atom is 0.294 e. The Morgan fingerprint density at radius 3 is 1.43 bits per heavy atom. The Bertz CT molecular complexity index is 532. The lowest BCUT2D eigenvalue weighted by molar-refractivity contribution is 0.0198. The van der Waals surface area contributed by atoms with Crippen molar-refractivity contribution in [3.05, 3.63) is 29.8 Å². The molecule has 0 unspecified atom stereocenters. The highest BCUT2D eigenvalue weighted by Gasteiger charge is 2.41. The minimum atomic E-state index is -4.02. The molecule has 0 atom stereocenters. The highest BCUT2D eigenvalue weighted by atomic mass is 32.2. The van der Waals surface area contributed by atoms with E-state index in [4.69, 9.17) is 4.55 Å². The molecule has 4 bridgehead atoms. The average molecular weight is 308 g/mol. The van der Waals surface area contributed by atoms with E-state index in [0.717, 1.165) is 5.56 Å². The normalized spacial score (nSPS) is 33.4. The fourth-order valence-electron chi connectivity index (χ4n) is 4.69. The fraction of sp³-hybridized carbons (Fsp3) is 0.647. The molecule has 1 aromatic rings. The maximum atomic E-state index is 10.5. The zero-order valence-corrected chi connectivity index (χ0v) is 13.3. The Balaban J connectivity index is 0.000000126. The van der Waals surface area contributed by atoms with Crippen LogP contribution in [0.1, 0.15) is 44.1 Å². The van der Waals surface area contributed by atoms with Gasteiger partial charge in [0.2, 0.25) is 0 Å². The van der Waals surface area contributed by atoms with Gasteiger partial charge in [-0.3, -0.25) is 4.55 Å². The van der Waals surface area contributed by atoms with Crippen LogP contribution in [0, 0.1) is 30.6 Å². The van der Waals surface area contributed by atoms with Crippen molar-refractivity contribution in [3.63, 3.8) is 0 Å². The summed E-state index contributed by atoms with van der Waals surface area (Å²) in [6, 6.07) is 5.99. The van der Waals surface area contributed by atoms with Gasteiger partial charge in [-0.2, -0.15) is 8.42 Å². The predicted molar refractivity (Wildman–Crippen MR) is 82.7 cm³/mol. The van der Waals surface area contributed by atoms with Gasteiger partial charge in [0.05, 0.1) is 4.90 Å². The van der Waals surface area contributed by atoms with Gasteiger partial charge in [0.1, 0.15) is 0 Å². The van der Waals surface area contributed by atoms with Gasteiger partial charge in [-0.1, -0.05) is 17.7 Å². The third kappa shape index (κ3) is 3.67. The Kier molecular flexibility index (Phi) is 4.10. The van der Waals surface area contributed by atoms with E-state index in [-0.39, 0.29) is 4.90 Å². The summed E-state index contributed by atoms with van der Waals surface area (Å²) in [7, 11) is -4.02. The summed E-state index contributed by atoms with van der Waals surface area (Å²) in [4.78, 5) is -0.0666. The Morgan fingerprint density at radius 2 is 1.14 bits per heavy atom. The maximum absolute atomic E-state index is 10.5. The second-order valence-electron chi connectivity index (χ2n) is 7.17. The Hall–Kier alpha value is -0.870. The summed E-state index contributed by atoms with van der Waals surface area (Å²) in [6.07, 6.45) is 9.62. The van der Waals surface area contributed by atoms with E-state index in [1.165, 1.54) is 35.8 Å². The molecule has 4 aliphatic rings. The van der Waals surface area contributed by atoms with Gasteiger partial charge in [0.15, 0.2) is 0 Å². The molecule has 1 aromatic carbocycles. The lowest BCUT2D eigenvalue weighted by Gasteiger charge is -2.49. The van der Waals surface area contributed by atoms with Crippen LogP contribution in [-0.2, 0) is 10.1 Å². The molecule has 116 valence electrons. The molecule has 21 heavy (non-hydrogen) atoms. The minimum Gasteiger partial charge on any atom is -0.282 e. The molecule has 0 heterocycles. The summed E-state index contributed by atoms with van der Waals surface area (Å²) < 4.78 is 29.6. The molecule has 4 aliphatic carbocycles. The zero-order chi connectivity index (χ0) is 15.0. The predicted octanol–water partition coefficient (Wildman–Crippen LogP) is 4.07. The molecule has 0 saturated heterocycles. The van der Waals surface area contributed by atoms with E-state index in [9.17, 15) is 8.42 Å². The highest BCUT2D eigenvalue weighted by Crippen LogP contribution is 2.53. The van der Waals surface area contributed by atoms with E-state index >= 15 is 0 Å². The first-order chi connectivity index (χ1) is 9.90. The van der Waals surface area contributed by atoms with Crippen molar-refractivity contribution >= 4 is 10.1 Å². The van der Waals surface area contributed by atoms with Crippen LogP contribution in [0.3, 0.4) is 0 Å². The largest absolute Gasteiger partial charge is 0.294 e. The summed E-state index contributed by atoms with van der Waals surface area (Å²) in [5.41, 5.74) is 0.956. The number of benzene rings is 1. The van der Waals surface area contributed by atoms with Crippen LogP contribution in [0.2, 0.25) is 0 Å². The van der Waals surface area contributed by atoms with Gasteiger partial charge in [0, 0.05) is 0 Å². The molecule has 0 spiro atoms. The smallest absolute Gasteiger partial charge is 0.282 e. The number of rotatable bonds is 1. The van der Waals surface area contributed by atoms with Gasteiger partial charge in [-0.05, 0) is 81.3 Å². The third-order valence-corrected chi connectivity index (χ3v) is 6.19. The van der Waals surface area contributed by atoms with E-state index in [1.807, 2.05) is 6.92 Å². The molecule has 4 fully saturated rings. The number of hydrogen-bond acceptors (Lipinski definition) is 2. The second kappa shape index (κ2) is 5.73. The zero-order valence-electron chi connectivity index (χ0n) is 12.5. The van der Waals surface area contributed by atoms with Crippen molar-refractivity contribution in [2.75, 3.05) is 0 Å². The van der Waals surface area contributed by atoms with Crippen LogP contribution < -0.4 is 0 Å². The van der Waals surface area contributed by atoms with Crippen LogP contribution in [0.4, 0.5) is 0 Å². The molecule has 3 nitrogen and oxygen atoms in total. The lowest BCUT2D eigenvalue weighted by Crippen LogP contribution is -2.38. The molecular formula is C17H24O3S. The minimum absolute atomic E-state index is 0.0666. The van der Waals surface area contributed by atoms with Crippen molar-refractivity contribution in [2.24, 2.45) is 23.7 Å². The highest BCUT2D eigenvalue weighted by molar-refractivity contribution is 7.85. The molecule has 0 radical (unpaired) electrons. The Morgan fingerprint density at radius 1 is 0.810 bits per heavy atom. The van der Waals surface area contributed by atoms with Crippen molar-refractivity contribution in [2.45, 2.75) is 50.3 Å². The second-order valence-corrected chi connectivity index (χ2v) is 8.59. The fourth-order valence-corrected chi connectivity index (χ4v) is 5.17. The molecule has 0 aliphatic heterocycles. The van der Waals surface area contributed by atoms with E-state index in [2.05, 4.69) is 0 Å². The first-order valence-corrected chi connectivity index (χ1v) is 9.38. The van der Waals surface area contributed by atoms with E-state index in [0.29, 0.717) is 0 Å². The van der Waals surface area contributed by atoms with Gasteiger partial charge >= 0.3 is 0 Å². The number of aryl methyl sites for hydroxylation is 1. The summed E-state index contributed by atoms with van der Waals surface area (Å²) in [5.74, 6) is 4.71. The molecule has 5 rings (SSSR count). The standard InChI is InChI=1S/C10H16.C7H8O3S/c1-7-2-9-4-8(1)5-10(3-7)6-9;1-6-2-4-7(5-3-6)11(8,9)10/h7-10H,1-6H2;2-5H,1H3,(H,8,9,10). The Labute approximate surface area is 127 Å². The van der Waals surface area contributed by atoms with Crippen LogP contribution in [-0.4, -0.2) is 13.0 Å². The topological polar surface area (TPSA) is 54.4 Å². The molecule has 4 heteroatoms. The quantitative estimate of drug-likeness (QED) is 0.796. The summed E-state index contributed by atoms with van der Waals surface area (Å²) in [5, 5.41) is 0. The molecule has 0 aromatic heterocycles. The summed E-state index contributed by atoms with van der Waals surface area (Å²) >= 11 is 0. The van der Waals surface area contributed by atoms with Crippen molar-refractivity contribution in [3.8, 4) is 0 Å². The van der Waals surface area contributed by atoms with Crippen LogP contribution >= 0.6 is 0 Å². The van der Waals surface area contributed by atoms with Crippen LogP contribution in [0.25, 0.3) is 0 Å². The van der Waals surface area contributed by atoms with E-state index < -0.39 is 10.1 Å². The van der Waals surface area contributed by atoms with Gasteiger partial charge in [-0.15, -0.1) is 0 Å². The monoisotopic (exact) mass is 308 g/mol. The van der Waals surface area contributed by atoms with Gasteiger partial charge in [0.25, 0.3) is 10.1 Å². The van der Waals surface area contributed by atoms with Crippen molar-refractivity contribution in [1.82, 2.24) is 0 Å². The molecule has 1 N–H and O–H groups in total. The first-order valence-electron chi connectivity index (χ1n) is 7.94. The van der Waals surface area contributed by atoms with Gasteiger partial charge < -0.3 is 0 Å². The van der Waals surface area contributed by atoms with Crippen LogP contribution in [0.15, 0.2) is 29.2 Å². The summed E-state index contributed by atoms with van der Waals surface area (Å²) in [6.45, 7) is 1.84. The third-order valence-electron chi connectivity index (χ3n) is 5.32. The van der Waals surface area contributed by atoms with Gasteiger partial charge in [-0.25, -0.2) is 0 Å². The average Bonchev–Trinajstić information content (AvgIpc) is 2.37. The molecule has 4 saturated carbocycles.